The summed E-state index contributed by atoms with van der Waals surface area (Å²) in [5, 5.41) is 2.92. The van der Waals surface area contributed by atoms with Crippen molar-refractivity contribution in [2.75, 3.05) is 22.5 Å². The number of nitrogens with zero attached hydrogens (tertiary/aromatic N) is 1. The zero-order chi connectivity index (χ0) is 17.1. The van der Waals surface area contributed by atoms with Crippen molar-refractivity contribution in [2.45, 2.75) is 32.2 Å². The van der Waals surface area contributed by atoms with Gasteiger partial charge >= 0.3 is 0 Å². The Morgan fingerprint density at radius 3 is 2.67 bits per heavy atom. The van der Waals surface area contributed by atoms with Gasteiger partial charge < -0.3 is 16.0 Å². The molecule has 1 saturated heterocycles. The highest BCUT2D eigenvalue weighted by Gasteiger charge is 2.22. The van der Waals surface area contributed by atoms with E-state index in [0.717, 1.165) is 25.1 Å². The van der Waals surface area contributed by atoms with Crippen LogP contribution in [0.5, 0.6) is 0 Å². The van der Waals surface area contributed by atoms with Gasteiger partial charge in [-0.15, -0.1) is 0 Å². The molecule has 1 amide bonds. The van der Waals surface area contributed by atoms with Gasteiger partial charge in [0.05, 0.1) is 11.4 Å². The van der Waals surface area contributed by atoms with Crippen molar-refractivity contribution < 1.29 is 9.18 Å². The van der Waals surface area contributed by atoms with Crippen LogP contribution in [-0.4, -0.2) is 18.5 Å². The lowest BCUT2D eigenvalue weighted by Gasteiger charge is -2.36. The maximum Gasteiger partial charge on any atom is 0.255 e. The number of anilines is 3. The van der Waals surface area contributed by atoms with Crippen LogP contribution >= 0.6 is 0 Å². The summed E-state index contributed by atoms with van der Waals surface area (Å²) in [6.07, 6.45) is 3.50. The summed E-state index contributed by atoms with van der Waals surface area (Å²) in [7, 11) is 0. The Hall–Kier alpha value is -2.56. The van der Waals surface area contributed by atoms with Gasteiger partial charge in [0, 0.05) is 23.8 Å². The molecule has 0 radical (unpaired) electrons. The SMILES string of the molecule is CC1CCCCN1c1ccc(N)cc1NC(=O)c1ccc(F)cc1. The number of hydrogen-bond donors (Lipinski definition) is 2. The summed E-state index contributed by atoms with van der Waals surface area (Å²) in [6, 6.07) is 11.5. The molecule has 0 bridgehead atoms. The summed E-state index contributed by atoms with van der Waals surface area (Å²) >= 11 is 0. The first-order valence-electron chi connectivity index (χ1n) is 8.27. The van der Waals surface area contributed by atoms with Crippen molar-refractivity contribution in [1.29, 1.82) is 0 Å². The molecule has 3 N–H and O–H groups in total. The Morgan fingerprint density at radius 2 is 1.96 bits per heavy atom. The zero-order valence-electron chi connectivity index (χ0n) is 13.8. The van der Waals surface area contributed by atoms with E-state index in [1.54, 1.807) is 6.07 Å². The van der Waals surface area contributed by atoms with Gasteiger partial charge in [-0.2, -0.15) is 0 Å². The predicted molar refractivity (Wildman–Crippen MR) is 95.9 cm³/mol. The van der Waals surface area contributed by atoms with Crippen molar-refractivity contribution >= 4 is 23.0 Å². The van der Waals surface area contributed by atoms with E-state index in [2.05, 4.69) is 17.1 Å². The second kappa shape index (κ2) is 6.91. The first-order chi connectivity index (χ1) is 11.5. The second-order valence-corrected chi connectivity index (χ2v) is 6.28. The summed E-state index contributed by atoms with van der Waals surface area (Å²) < 4.78 is 13.0. The van der Waals surface area contributed by atoms with Crippen LogP contribution in [0.1, 0.15) is 36.5 Å². The molecule has 1 aliphatic rings. The topological polar surface area (TPSA) is 58.4 Å². The second-order valence-electron chi connectivity index (χ2n) is 6.28. The van der Waals surface area contributed by atoms with Gasteiger partial charge in [0.2, 0.25) is 0 Å². The Labute approximate surface area is 141 Å². The van der Waals surface area contributed by atoms with Gasteiger partial charge in [0.1, 0.15) is 5.82 Å². The molecule has 1 heterocycles. The highest BCUT2D eigenvalue weighted by molar-refractivity contribution is 6.06. The third-order valence-corrected chi connectivity index (χ3v) is 4.49. The predicted octanol–water partition coefficient (Wildman–Crippen LogP) is 4.04. The third kappa shape index (κ3) is 3.50. The fraction of sp³-hybridized carbons (Fsp3) is 0.316. The average molecular weight is 327 g/mol. The molecule has 1 aliphatic heterocycles. The van der Waals surface area contributed by atoms with E-state index in [1.807, 2.05) is 12.1 Å². The van der Waals surface area contributed by atoms with E-state index in [-0.39, 0.29) is 11.7 Å². The molecule has 126 valence electrons. The number of nitrogens with one attached hydrogen (secondary N) is 1. The van der Waals surface area contributed by atoms with E-state index in [9.17, 15) is 9.18 Å². The lowest BCUT2D eigenvalue weighted by Crippen LogP contribution is -2.38. The maximum atomic E-state index is 13.0. The normalized spacial score (nSPS) is 17.6. The summed E-state index contributed by atoms with van der Waals surface area (Å²) in [4.78, 5) is 14.8. The number of carbonyl (C=O) groups excluding carboxylic acids is 1. The van der Waals surface area contributed by atoms with Gasteiger partial charge in [-0.1, -0.05) is 0 Å². The number of rotatable bonds is 3. The maximum absolute atomic E-state index is 13.0. The number of nitrogens with two attached hydrogens (primary N) is 1. The van der Waals surface area contributed by atoms with Gasteiger partial charge in [-0.25, -0.2) is 4.39 Å². The minimum absolute atomic E-state index is 0.272. The number of benzene rings is 2. The molecule has 0 saturated carbocycles. The highest BCUT2D eigenvalue weighted by atomic mass is 19.1. The molecule has 2 aromatic carbocycles. The van der Waals surface area contributed by atoms with Crippen LogP contribution in [0.25, 0.3) is 0 Å². The summed E-state index contributed by atoms with van der Waals surface area (Å²) in [5.74, 6) is -0.634. The van der Waals surface area contributed by atoms with Crippen LogP contribution < -0.4 is 16.0 Å². The van der Waals surface area contributed by atoms with Crippen molar-refractivity contribution in [3.05, 3.63) is 53.8 Å². The molecule has 4 nitrogen and oxygen atoms in total. The molecular weight excluding hydrogens is 305 g/mol. The smallest absolute Gasteiger partial charge is 0.255 e. The monoisotopic (exact) mass is 327 g/mol. The largest absolute Gasteiger partial charge is 0.399 e. The molecule has 0 aliphatic carbocycles. The Kier molecular flexibility index (Phi) is 4.69. The van der Waals surface area contributed by atoms with Crippen LogP contribution in [0.15, 0.2) is 42.5 Å². The molecule has 1 atom stereocenters. The number of piperidine rings is 1. The molecule has 0 aromatic heterocycles. The summed E-state index contributed by atoms with van der Waals surface area (Å²) in [6.45, 7) is 3.16. The average Bonchev–Trinajstić information content (AvgIpc) is 2.56. The number of amides is 1. The number of hydrogen-bond acceptors (Lipinski definition) is 3. The fourth-order valence-corrected chi connectivity index (χ4v) is 3.16. The quantitative estimate of drug-likeness (QED) is 0.837. The highest BCUT2D eigenvalue weighted by Crippen LogP contribution is 2.33. The molecule has 2 aromatic rings. The standard InChI is InChI=1S/C19H22FN3O/c1-13-4-2-3-11-23(13)18-10-9-16(21)12-17(18)22-19(24)14-5-7-15(20)8-6-14/h5-10,12-13H,2-4,11,21H2,1H3,(H,22,24). The first-order valence-corrected chi connectivity index (χ1v) is 8.27. The first kappa shape index (κ1) is 16.3. The zero-order valence-corrected chi connectivity index (χ0v) is 13.8. The molecule has 1 fully saturated rings. The minimum Gasteiger partial charge on any atom is -0.399 e. The van der Waals surface area contributed by atoms with Gasteiger partial charge in [0.25, 0.3) is 5.91 Å². The number of carbonyl (C=O) groups is 1. The van der Waals surface area contributed by atoms with Crippen LogP contribution in [-0.2, 0) is 0 Å². The number of nitrogen functional groups attached to an aromatic ring is 1. The van der Waals surface area contributed by atoms with Crippen LogP contribution in [0.4, 0.5) is 21.5 Å². The van der Waals surface area contributed by atoms with Crippen LogP contribution in [0.2, 0.25) is 0 Å². The summed E-state index contributed by atoms with van der Waals surface area (Å²) in [5.41, 5.74) is 8.59. The Bertz CT molecular complexity index is 730. The fourth-order valence-electron chi connectivity index (χ4n) is 3.16. The van der Waals surface area contributed by atoms with Crippen molar-refractivity contribution in [2.24, 2.45) is 0 Å². The van der Waals surface area contributed by atoms with Crippen molar-refractivity contribution in [3.63, 3.8) is 0 Å². The minimum atomic E-state index is -0.363. The lowest BCUT2D eigenvalue weighted by atomic mass is 10.0. The molecular formula is C19H22FN3O. The van der Waals surface area contributed by atoms with Gasteiger partial charge in [-0.05, 0) is 68.7 Å². The molecule has 3 rings (SSSR count). The molecule has 24 heavy (non-hydrogen) atoms. The Balaban J connectivity index is 1.87. The molecule has 0 spiro atoms. The molecule has 5 heteroatoms. The van der Waals surface area contributed by atoms with E-state index in [1.165, 1.54) is 30.7 Å². The van der Waals surface area contributed by atoms with E-state index in [4.69, 9.17) is 5.73 Å². The van der Waals surface area contributed by atoms with Crippen LogP contribution in [0.3, 0.4) is 0 Å². The van der Waals surface area contributed by atoms with Gasteiger partial charge in [0.15, 0.2) is 0 Å². The van der Waals surface area contributed by atoms with E-state index < -0.39 is 0 Å². The molecule has 1 unspecified atom stereocenters. The van der Waals surface area contributed by atoms with E-state index >= 15 is 0 Å². The van der Waals surface area contributed by atoms with Crippen molar-refractivity contribution in [3.8, 4) is 0 Å². The van der Waals surface area contributed by atoms with Crippen molar-refractivity contribution in [1.82, 2.24) is 0 Å². The van der Waals surface area contributed by atoms with Gasteiger partial charge in [-0.3, -0.25) is 4.79 Å². The lowest BCUT2D eigenvalue weighted by molar-refractivity contribution is 0.102. The van der Waals surface area contributed by atoms with E-state index in [0.29, 0.717) is 23.0 Å². The van der Waals surface area contributed by atoms with Crippen LogP contribution in [0, 0.1) is 5.82 Å². The number of halogens is 1. The Morgan fingerprint density at radius 1 is 1.21 bits per heavy atom. The third-order valence-electron chi connectivity index (χ3n) is 4.49.